The molecule has 2 rings (SSSR count). The first-order chi connectivity index (χ1) is 8.05. The van der Waals surface area contributed by atoms with Gasteiger partial charge in [0.2, 0.25) is 0 Å². The lowest BCUT2D eigenvalue weighted by molar-refractivity contribution is 0.229. The standard InChI is InChI=1S/C10H15N3O3S/c1-8-4-9(13-12-5-8)7-17(14,15)16-10-2-3-11-6-10/h4-5,10-11H,2-3,6-7H2,1H3/t10-/m1/s1. The Labute approximate surface area is 101 Å². The van der Waals surface area contributed by atoms with Crippen LogP contribution in [0.3, 0.4) is 0 Å². The van der Waals surface area contributed by atoms with E-state index >= 15 is 0 Å². The van der Waals surface area contributed by atoms with Gasteiger partial charge < -0.3 is 5.32 Å². The predicted molar refractivity (Wildman–Crippen MR) is 61.8 cm³/mol. The van der Waals surface area contributed by atoms with Gasteiger partial charge in [-0.15, -0.1) is 0 Å². The molecule has 2 heterocycles. The highest BCUT2D eigenvalue weighted by molar-refractivity contribution is 7.85. The van der Waals surface area contributed by atoms with Crippen molar-refractivity contribution in [3.8, 4) is 0 Å². The van der Waals surface area contributed by atoms with Gasteiger partial charge in [-0.25, -0.2) is 0 Å². The van der Waals surface area contributed by atoms with Crippen LogP contribution in [0.5, 0.6) is 0 Å². The van der Waals surface area contributed by atoms with E-state index in [1.165, 1.54) is 0 Å². The Hall–Kier alpha value is -1.05. The molecule has 1 fully saturated rings. The molecule has 0 spiro atoms. The van der Waals surface area contributed by atoms with E-state index in [1.807, 2.05) is 6.92 Å². The zero-order valence-electron chi connectivity index (χ0n) is 9.59. The number of nitrogens with zero attached hydrogens (tertiary/aromatic N) is 2. The molecule has 0 radical (unpaired) electrons. The normalized spacial score (nSPS) is 20.6. The molecular weight excluding hydrogens is 242 g/mol. The van der Waals surface area contributed by atoms with Crippen molar-refractivity contribution in [1.82, 2.24) is 15.5 Å². The molecule has 0 unspecified atom stereocenters. The van der Waals surface area contributed by atoms with Crippen molar-refractivity contribution in [3.63, 3.8) is 0 Å². The molecule has 1 N–H and O–H groups in total. The monoisotopic (exact) mass is 257 g/mol. The summed E-state index contributed by atoms with van der Waals surface area (Å²) in [6.07, 6.45) is 2.05. The van der Waals surface area contributed by atoms with E-state index in [9.17, 15) is 8.42 Å². The summed E-state index contributed by atoms with van der Waals surface area (Å²) in [6.45, 7) is 3.22. The first-order valence-electron chi connectivity index (χ1n) is 5.45. The van der Waals surface area contributed by atoms with Gasteiger partial charge in [0.05, 0.1) is 18.0 Å². The SMILES string of the molecule is Cc1cnnc(CS(=O)(=O)O[C@@H]2CCNC2)c1. The lowest BCUT2D eigenvalue weighted by Crippen LogP contribution is -2.22. The Morgan fingerprint density at radius 3 is 3.06 bits per heavy atom. The molecule has 0 amide bonds. The van der Waals surface area contributed by atoms with Crippen molar-refractivity contribution in [2.75, 3.05) is 13.1 Å². The van der Waals surface area contributed by atoms with Crippen LogP contribution in [0.4, 0.5) is 0 Å². The van der Waals surface area contributed by atoms with Gasteiger partial charge in [-0.3, -0.25) is 4.18 Å². The summed E-state index contributed by atoms with van der Waals surface area (Å²) in [5, 5.41) is 10.5. The highest BCUT2D eigenvalue weighted by Crippen LogP contribution is 2.12. The Kier molecular flexibility index (Phi) is 3.70. The van der Waals surface area contributed by atoms with Crippen LogP contribution in [-0.4, -0.2) is 37.8 Å². The van der Waals surface area contributed by atoms with Gasteiger partial charge >= 0.3 is 0 Å². The topological polar surface area (TPSA) is 81.2 Å². The van der Waals surface area contributed by atoms with Crippen LogP contribution in [0.1, 0.15) is 17.7 Å². The van der Waals surface area contributed by atoms with Crippen LogP contribution >= 0.6 is 0 Å². The van der Waals surface area contributed by atoms with Crippen LogP contribution in [0, 0.1) is 6.92 Å². The van der Waals surface area contributed by atoms with Crippen molar-refractivity contribution in [1.29, 1.82) is 0 Å². The average molecular weight is 257 g/mol. The number of aryl methyl sites for hydroxylation is 1. The summed E-state index contributed by atoms with van der Waals surface area (Å²) in [5.41, 5.74) is 1.30. The van der Waals surface area contributed by atoms with Crippen molar-refractivity contribution in [3.05, 3.63) is 23.5 Å². The van der Waals surface area contributed by atoms with Crippen molar-refractivity contribution in [2.24, 2.45) is 0 Å². The number of aromatic nitrogens is 2. The smallest absolute Gasteiger partial charge is 0.273 e. The Morgan fingerprint density at radius 1 is 1.59 bits per heavy atom. The fraction of sp³-hybridized carbons (Fsp3) is 0.600. The maximum atomic E-state index is 11.7. The van der Waals surface area contributed by atoms with Gasteiger partial charge in [0.1, 0.15) is 5.75 Å². The fourth-order valence-corrected chi connectivity index (χ4v) is 2.88. The lowest BCUT2D eigenvalue weighted by atomic mass is 10.3. The second-order valence-corrected chi connectivity index (χ2v) is 5.73. The maximum absolute atomic E-state index is 11.7. The Bertz CT molecular complexity index is 483. The summed E-state index contributed by atoms with van der Waals surface area (Å²) in [5.74, 6) is -0.224. The summed E-state index contributed by atoms with van der Waals surface area (Å²) < 4.78 is 28.6. The third kappa shape index (κ3) is 3.72. The molecule has 0 aliphatic carbocycles. The summed E-state index contributed by atoms with van der Waals surface area (Å²) in [4.78, 5) is 0. The van der Waals surface area contributed by atoms with E-state index in [1.54, 1.807) is 12.3 Å². The second-order valence-electron chi connectivity index (χ2n) is 4.14. The number of hydrogen-bond acceptors (Lipinski definition) is 6. The second kappa shape index (κ2) is 5.07. The molecular formula is C10H15N3O3S. The Balaban J connectivity index is 2.01. The molecule has 1 aliphatic heterocycles. The number of nitrogens with one attached hydrogen (secondary N) is 1. The lowest BCUT2D eigenvalue weighted by Gasteiger charge is -2.10. The summed E-state index contributed by atoms with van der Waals surface area (Å²) in [6, 6.07) is 1.70. The van der Waals surface area contributed by atoms with Crippen LogP contribution < -0.4 is 5.32 Å². The van der Waals surface area contributed by atoms with Gasteiger partial charge in [-0.1, -0.05) is 0 Å². The summed E-state index contributed by atoms with van der Waals surface area (Å²) >= 11 is 0. The fourth-order valence-electron chi connectivity index (χ4n) is 1.73. The van der Waals surface area contributed by atoms with Crippen molar-refractivity contribution in [2.45, 2.75) is 25.2 Å². The minimum atomic E-state index is -3.58. The predicted octanol–water partition coefficient (Wildman–Crippen LogP) is -0.00668. The number of hydrogen-bond donors (Lipinski definition) is 1. The zero-order valence-corrected chi connectivity index (χ0v) is 10.4. The van der Waals surface area contributed by atoms with E-state index in [2.05, 4.69) is 15.5 Å². The first-order valence-corrected chi connectivity index (χ1v) is 7.03. The van der Waals surface area contributed by atoms with Gasteiger partial charge in [0.25, 0.3) is 10.1 Å². The van der Waals surface area contributed by atoms with Crippen molar-refractivity contribution >= 4 is 10.1 Å². The van der Waals surface area contributed by atoms with E-state index in [0.29, 0.717) is 12.2 Å². The molecule has 94 valence electrons. The van der Waals surface area contributed by atoms with Gasteiger partial charge in [-0.2, -0.15) is 18.6 Å². The molecule has 1 atom stereocenters. The quantitative estimate of drug-likeness (QED) is 0.764. The third-order valence-electron chi connectivity index (χ3n) is 2.46. The third-order valence-corrected chi connectivity index (χ3v) is 3.68. The maximum Gasteiger partial charge on any atom is 0.273 e. The van der Waals surface area contributed by atoms with Crippen LogP contribution in [0.2, 0.25) is 0 Å². The average Bonchev–Trinajstić information content (AvgIpc) is 2.68. The minimum Gasteiger partial charge on any atom is -0.314 e. The van der Waals surface area contributed by atoms with Crippen LogP contribution in [-0.2, 0) is 20.1 Å². The van der Waals surface area contributed by atoms with E-state index in [-0.39, 0.29) is 11.9 Å². The zero-order chi connectivity index (χ0) is 12.3. The number of rotatable bonds is 4. The molecule has 7 heteroatoms. The molecule has 1 aromatic rings. The molecule has 17 heavy (non-hydrogen) atoms. The Morgan fingerprint density at radius 2 is 2.41 bits per heavy atom. The molecule has 0 aromatic carbocycles. The van der Waals surface area contributed by atoms with Crippen LogP contribution in [0.15, 0.2) is 12.3 Å². The van der Waals surface area contributed by atoms with E-state index in [0.717, 1.165) is 18.5 Å². The molecule has 0 bridgehead atoms. The van der Waals surface area contributed by atoms with Crippen LogP contribution in [0.25, 0.3) is 0 Å². The molecule has 1 aliphatic rings. The van der Waals surface area contributed by atoms with Gasteiger partial charge in [0.15, 0.2) is 0 Å². The molecule has 1 saturated heterocycles. The molecule has 1 aromatic heterocycles. The highest BCUT2D eigenvalue weighted by Gasteiger charge is 2.23. The van der Waals surface area contributed by atoms with Crippen molar-refractivity contribution < 1.29 is 12.6 Å². The largest absolute Gasteiger partial charge is 0.314 e. The van der Waals surface area contributed by atoms with Gasteiger partial charge in [-0.05, 0) is 31.5 Å². The molecule has 6 nitrogen and oxygen atoms in total. The van der Waals surface area contributed by atoms with E-state index < -0.39 is 10.1 Å². The summed E-state index contributed by atoms with van der Waals surface area (Å²) in [7, 11) is -3.58. The highest BCUT2D eigenvalue weighted by atomic mass is 32.2. The van der Waals surface area contributed by atoms with Gasteiger partial charge in [0, 0.05) is 6.54 Å². The minimum absolute atomic E-state index is 0.224. The molecule has 0 saturated carbocycles. The first kappa shape index (κ1) is 12.4. The van der Waals surface area contributed by atoms with E-state index in [4.69, 9.17) is 4.18 Å².